The van der Waals surface area contributed by atoms with Crippen LogP contribution in [-0.4, -0.2) is 29.3 Å². The number of rotatable bonds is 5. The van der Waals surface area contributed by atoms with Crippen molar-refractivity contribution in [2.24, 2.45) is 0 Å². The van der Waals surface area contributed by atoms with Crippen LogP contribution < -0.4 is 0 Å². The van der Waals surface area contributed by atoms with Crippen molar-refractivity contribution in [2.75, 3.05) is 13.6 Å². The van der Waals surface area contributed by atoms with E-state index >= 15 is 0 Å². The summed E-state index contributed by atoms with van der Waals surface area (Å²) in [4.78, 5) is 19.1. The van der Waals surface area contributed by atoms with Crippen molar-refractivity contribution in [3.05, 3.63) is 56.9 Å². The summed E-state index contributed by atoms with van der Waals surface area (Å²) < 4.78 is 0.780. The number of nitrogens with zero attached hydrogens (tertiary/aromatic N) is 1. The van der Waals surface area contributed by atoms with Gasteiger partial charge >= 0.3 is 0 Å². The molecule has 0 fully saturated rings. The van der Waals surface area contributed by atoms with Crippen molar-refractivity contribution in [1.82, 2.24) is 9.88 Å². The van der Waals surface area contributed by atoms with Crippen LogP contribution in [0, 0.1) is 6.92 Å². The number of fused-ring (bicyclic) bond motifs is 1. The zero-order chi connectivity index (χ0) is 15.7. The number of thiophene rings is 1. The zero-order valence-electron chi connectivity index (χ0n) is 12.5. The monoisotopic (exact) mass is 332 g/mol. The smallest absolute Gasteiger partial charge is 0.179 e. The molecule has 0 aliphatic carbocycles. The molecule has 0 amide bonds. The lowest BCUT2D eigenvalue weighted by molar-refractivity contribution is 0.0944. The van der Waals surface area contributed by atoms with Gasteiger partial charge in [0, 0.05) is 33.6 Å². The van der Waals surface area contributed by atoms with Gasteiger partial charge in [-0.25, -0.2) is 0 Å². The van der Waals surface area contributed by atoms with Gasteiger partial charge in [0.1, 0.15) is 0 Å². The van der Waals surface area contributed by atoms with Crippen molar-refractivity contribution in [2.45, 2.75) is 13.5 Å². The number of ketones is 1. The van der Waals surface area contributed by atoms with Gasteiger partial charge in [0.05, 0.1) is 10.9 Å². The Morgan fingerprint density at radius 3 is 2.77 bits per heavy atom. The Labute approximate surface area is 138 Å². The van der Waals surface area contributed by atoms with Gasteiger partial charge in [0.15, 0.2) is 5.78 Å². The van der Waals surface area contributed by atoms with Crippen LogP contribution >= 0.6 is 22.9 Å². The Morgan fingerprint density at radius 1 is 1.27 bits per heavy atom. The second kappa shape index (κ2) is 6.24. The number of H-pyrrole nitrogens is 1. The van der Waals surface area contributed by atoms with Crippen LogP contribution in [0.25, 0.3) is 10.9 Å². The first-order valence-electron chi connectivity index (χ1n) is 7.08. The number of carbonyl (C=O) groups excluding carboxylic acids is 1. The molecule has 2 heterocycles. The van der Waals surface area contributed by atoms with E-state index in [0.29, 0.717) is 6.54 Å². The Kier molecular flexibility index (Phi) is 4.34. The average Bonchev–Trinajstić information content (AvgIpc) is 3.00. The maximum Gasteiger partial charge on any atom is 0.179 e. The fourth-order valence-corrected chi connectivity index (χ4v) is 3.89. The molecule has 0 saturated heterocycles. The average molecular weight is 333 g/mol. The van der Waals surface area contributed by atoms with Crippen molar-refractivity contribution in [3.8, 4) is 0 Å². The van der Waals surface area contributed by atoms with E-state index in [1.54, 1.807) is 11.3 Å². The van der Waals surface area contributed by atoms with Gasteiger partial charge in [-0.15, -0.1) is 11.3 Å². The summed E-state index contributed by atoms with van der Waals surface area (Å²) >= 11 is 7.50. The van der Waals surface area contributed by atoms with E-state index in [1.807, 2.05) is 55.3 Å². The first-order valence-corrected chi connectivity index (χ1v) is 8.27. The predicted octanol–water partition coefficient (Wildman–Crippen LogP) is 4.51. The lowest BCUT2D eigenvalue weighted by Gasteiger charge is -2.14. The van der Waals surface area contributed by atoms with Crippen LogP contribution in [0.3, 0.4) is 0 Å². The maximum atomic E-state index is 12.7. The number of hydrogen-bond acceptors (Lipinski definition) is 3. The number of aryl methyl sites for hydroxylation is 1. The van der Waals surface area contributed by atoms with Crippen LogP contribution in [0.1, 0.15) is 20.9 Å². The Morgan fingerprint density at radius 2 is 2.05 bits per heavy atom. The highest BCUT2D eigenvalue weighted by molar-refractivity contribution is 7.16. The van der Waals surface area contributed by atoms with Crippen molar-refractivity contribution < 1.29 is 4.79 Å². The number of aromatic amines is 1. The van der Waals surface area contributed by atoms with Crippen molar-refractivity contribution in [1.29, 1.82) is 0 Å². The summed E-state index contributed by atoms with van der Waals surface area (Å²) in [6.07, 6.45) is 0. The van der Waals surface area contributed by atoms with E-state index in [9.17, 15) is 4.79 Å². The van der Waals surface area contributed by atoms with Crippen LogP contribution in [-0.2, 0) is 6.54 Å². The van der Waals surface area contributed by atoms with E-state index in [4.69, 9.17) is 11.6 Å². The molecule has 0 aliphatic rings. The normalized spacial score (nSPS) is 11.5. The minimum Gasteiger partial charge on any atom is -0.358 e. The van der Waals surface area contributed by atoms with E-state index in [-0.39, 0.29) is 5.78 Å². The standard InChI is InChI=1S/C17H17ClN2OS/c1-11-17(13-5-3-4-6-14(13)19-11)15(21)10-20(2)9-12-7-8-16(18)22-12/h3-8,19H,9-10H2,1-2H3. The third-order valence-electron chi connectivity index (χ3n) is 3.64. The molecule has 114 valence electrons. The van der Waals surface area contributed by atoms with E-state index in [1.165, 1.54) is 0 Å². The first kappa shape index (κ1) is 15.3. The molecular formula is C17H17ClN2OS. The molecule has 3 aromatic rings. The predicted molar refractivity (Wildman–Crippen MR) is 93.0 cm³/mol. The van der Waals surface area contributed by atoms with Crippen LogP contribution in [0.15, 0.2) is 36.4 Å². The quantitative estimate of drug-likeness (QED) is 0.698. The number of likely N-dealkylation sites (N-methyl/N-ethyl adjacent to an activating group) is 1. The minimum atomic E-state index is 0.139. The molecule has 22 heavy (non-hydrogen) atoms. The number of carbonyl (C=O) groups is 1. The molecule has 0 saturated carbocycles. The molecule has 5 heteroatoms. The van der Waals surface area contributed by atoms with Crippen molar-refractivity contribution >= 4 is 39.6 Å². The highest BCUT2D eigenvalue weighted by Gasteiger charge is 2.17. The van der Waals surface area contributed by atoms with Gasteiger partial charge < -0.3 is 4.98 Å². The lowest BCUT2D eigenvalue weighted by Crippen LogP contribution is -2.25. The van der Waals surface area contributed by atoms with Gasteiger partial charge in [-0.3, -0.25) is 9.69 Å². The Bertz CT molecular complexity index is 821. The van der Waals surface area contributed by atoms with Crippen LogP contribution in [0.2, 0.25) is 4.34 Å². The summed E-state index contributed by atoms with van der Waals surface area (Å²) in [5.74, 6) is 0.139. The summed E-state index contributed by atoms with van der Waals surface area (Å²) in [7, 11) is 1.95. The lowest BCUT2D eigenvalue weighted by atomic mass is 10.1. The van der Waals surface area contributed by atoms with Gasteiger partial charge in [-0.05, 0) is 32.2 Å². The number of benzene rings is 1. The van der Waals surface area contributed by atoms with Crippen LogP contribution in [0.5, 0.6) is 0 Å². The summed E-state index contributed by atoms with van der Waals surface area (Å²) in [5.41, 5.74) is 2.74. The summed E-state index contributed by atoms with van der Waals surface area (Å²) in [6.45, 7) is 3.06. The largest absolute Gasteiger partial charge is 0.358 e. The third kappa shape index (κ3) is 3.09. The molecule has 0 atom stereocenters. The fraction of sp³-hybridized carbons (Fsp3) is 0.235. The third-order valence-corrected chi connectivity index (χ3v) is 4.86. The van der Waals surface area contributed by atoms with E-state index in [2.05, 4.69) is 4.98 Å². The number of para-hydroxylation sites is 1. The Balaban J connectivity index is 1.77. The van der Waals surface area contributed by atoms with Gasteiger partial charge in [-0.2, -0.15) is 0 Å². The van der Waals surface area contributed by atoms with E-state index < -0.39 is 0 Å². The molecule has 1 N–H and O–H groups in total. The SMILES string of the molecule is Cc1[nH]c2ccccc2c1C(=O)CN(C)Cc1ccc(Cl)s1. The molecule has 3 rings (SSSR count). The zero-order valence-corrected chi connectivity index (χ0v) is 14.1. The maximum absolute atomic E-state index is 12.7. The number of halogens is 1. The number of Topliss-reactive ketones (excluding diaryl/α,β-unsaturated/α-hetero) is 1. The molecule has 3 nitrogen and oxygen atoms in total. The molecule has 1 aromatic carbocycles. The molecule has 0 bridgehead atoms. The summed E-state index contributed by atoms with van der Waals surface area (Å²) in [6, 6.07) is 11.8. The number of aromatic nitrogens is 1. The second-order valence-electron chi connectivity index (χ2n) is 5.47. The molecular weight excluding hydrogens is 316 g/mol. The highest BCUT2D eigenvalue weighted by atomic mass is 35.5. The molecule has 0 radical (unpaired) electrons. The molecule has 0 aliphatic heterocycles. The number of nitrogens with one attached hydrogen (secondary N) is 1. The van der Waals surface area contributed by atoms with Gasteiger partial charge in [0.25, 0.3) is 0 Å². The van der Waals surface area contributed by atoms with Gasteiger partial charge in [-0.1, -0.05) is 29.8 Å². The summed E-state index contributed by atoms with van der Waals surface area (Å²) in [5, 5.41) is 0.998. The van der Waals surface area contributed by atoms with Crippen LogP contribution in [0.4, 0.5) is 0 Å². The number of hydrogen-bond donors (Lipinski definition) is 1. The highest BCUT2D eigenvalue weighted by Crippen LogP contribution is 2.24. The van der Waals surface area contributed by atoms with Crippen molar-refractivity contribution in [3.63, 3.8) is 0 Å². The minimum absolute atomic E-state index is 0.139. The molecule has 0 unspecified atom stereocenters. The fourth-order valence-electron chi connectivity index (χ4n) is 2.72. The van der Waals surface area contributed by atoms with E-state index in [0.717, 1.165) is 37.9 Å². The molecule has 0 spiro atoms. The molecule has 2 aromatic heterocycles. The first-order chi connectivity index (χ1) is 10.5. The Hall–Kier alpha value is -1.62. The topological polar surface area (TPSA) is 36.1 Å². The van der Waals surface area contributed by atoms with Gasteiger partial charge in [0.2, 0.25) is 0 Å². The second-order valence-corrected chi connectivity index (χ2v) is 7.27.